The predicted molar refractivity (Wildman–Crippen MR) is 86.5 cm³/mol. The van der Waals surface area contributed by atoms with Gasteiger partial charge in [0.2, 0.25) is 0 Å². The van der Waals surface area contributed by atoms with Crippen molar-refractivity contribution in [2.45, 2.75) is 13.8 Å². The van der Waals surface area contributed by atoms with Crippen LogP contribution >= 0.6 is 12.4 Å². The van der Waals surface area contributed by atoms with Gasteiger partial charge in [-0.2, -0.15) is 0 Å². The van der Waals surface area contributed by atoms with Gasteiger partial charge < -0.3 is 19.7 Å². The highest BCUT2D eigenvalue weighted by Gasteiger charge is 2.04. The number of halogens is 1. The fourth-order valence-electron chi connectivity index (χ4n) is 1.78. The first-order valence-electron chi connectivity index (χ1n) is 6.95. The minimum Gasteiger partial charge on any atom is -0.497 e. The van der Waals surface area contributed by atoms with Gasteiger partial charge in [-0.15, -0.1) is 12.4 Å². The molecule has 0 aromatic heterocycles. The largest absolute Gasteiger partial charge is 0.497 e. The number of hydrogen-bond donors (Lipinski definition) is 1. The maximum atomic E-state index is 11.6. The lowest BCUT2D eigenvalue weighted by atomic mass is 10.3. The van der Waals surface area contributed by atoms with E-state index in [-0.39, 0.29) is 24.9 Å². The minimum absolute atomic E-state index is 0. The number of likely N-dealkylation sites (N-methyl/N-ethyl adjacent to an activating group) is 1. The topological polar surface area (TPSA) is 50.8 Å². The first kappa shape index (κ1) is 19.5. The monoisotopic (exact) mass is 316 g/mol. The number of amides is 1. The van der Waals surface area contributed by atoms with Crippen molar-refractivity contribution in [1.82, 2.24) is 10.2 Å². The summed E-state index contributed by atoms with van der Waals surface area (Å²) in [5.41, 5.74) is 0. The molecular formula is C15H25ClN2O3. The standard InChI is InChI=1S/C15H24N2O3.ClH/c1-4-17(5-2)10-9-16-15(18)12-20-14-8-6-7-13(11-14)19-3;/h6-8,11H,4-5,9-10,12H2,1-3H3,(H,16,18);1H. The van der Waals surface area contributed by atoms with Crippen molar-refractivity contribution in [3.63, 3.8) is 0 Å². The van der Waals surface area contributed by atoms with Gasteiger partial charge >= 0.3 is 0 Å². The second-order valence-electron chi connectivity index (χ2n) is 4.34. The molecule has 0 fully saturated rings. The van der Waals surface area contributed by atoms with Crippen LogP contribution in [-0.2, 0) is 4.79 Å². The Bertz CT molecular complexity index is 412. The van der Waals surface area contributed by atoms with Gasteiger partial charge in [0.05, 0.1) is 7.11 Å². The summed E-state index contributed by atoms with van der Waals surface area (Å²) >= 11 is 0. The van der Waals surface area contributed by atoms with E-state index in [9.17, 15) is 4.79 Å². The number of nitrogens with zero attached hydrogens (tertiary/aromatic N) is 1. The predicted octanol–water partition coefficient (Wildman–Crippen LogP) is 1.95. The summed E-state index contributed by atoms with van der Waals surface area (Å²) in [6, 6.07) is 7.21. The third-order valence-corrected chi connectivity index (χ3v) is 3.06. The lowest BCUT2D eigenvalue weighted by Gasteiger charge is -2.18. The number of benzene rings is 1. The van der Waals surface area contributed by atoms with Gasteiger partial charge in [0.1, 0.15) is 11.5 Å². The number of rotatable bonds is 9. The molecule has 0 saturated carbocycles. The molecule has 0 saturated heterocycles. The van der Waals surface area contributed by atoms with Gasteiger partial charge in [0, 0.05) is 19.2 Å². The molecule has 1 amide bonds. The number of carbonyl (C=O) groups is 1. The first-order chi connectivity index (χ1) is 9.69. The molecule has 21 heavy (non-hydrogen) atoms. The van der Waals surface area contributed by atoms with Crippen LogP contribution in [0, 0.1) is 0 Å². The quantitative estimate of drug-likeness (QED) is 0.756. The van der Waals surface area contributed by atoms with Crippen LogP contribution in [0.15, 0.2) is 24.3 Å². The van der Waals surface area contributed by atoms with Gasteiger partial charge in [-0.1, -0.05) is 19.9 Å². The fourth-order valence-corrected chi connectivity index (χ4v) is 1.78. The molecular weight excluding hydrogens is 292 g/mol. The lowest BCUT2D eigenvalue weighted by molar-refractivity contribution is -0.123. The molecule has 0 aliphatic heterocycles. The molecule has 0 aliphatic rings. The van der Waals surface area contributed by atoms with Crippen molar-refractivity contribution in [3.05, 3.63) is 24.3 Å². The maximum Gasteiger partial charge on any atom is 0.257 e. The Labute approximate surface area is 133 Å². The van der Waals surface area contributed by atoms with E-state index in [1.807, 2.05) is 12.1 Å². The third-order valence-electron chi connectivity index (χ3n) is 3.06. The Hall–Kier alpha value is -1.46. The molecule has 1 rings (SSSR count). The molecule has 120 valence electrons. The van der Waals surface area contributed by atoms with Gasteiger partial charge in [-0.05, 0) is 25.2 Å². The van der Waals surface area contributed by atoms with E-state index in [0.717, 1.165) is 19.6 Å². The Morgan fingerprint density at radius 3 is 2.52 bits per heavy atom. The van der Waals surface area contributed by atoms with Crippen LogP contribution in [0.2, 0.25) is 0 Å². The molecule has 0 radical (unpaired) electrons. The van der Waals surface area contributed by atoms with Crippen LogP contribution in [-0.4, -0.2) is 50.7 Å². The number of nitrogens with one attached hydrogen (secondary N) is 1. The van der Waals surface area contributed by atoms with Crippen LogP contribution in [0.4, 0.5) is 0 Å². The smallest absolute Gasteiger partial charge is 0.257 e. The van der Waals surface area contributed by atoms with Crippen molar-refractivity contribution in [2.75, 3.05) is 39.9 Å². The summed E-state index contributed by atoms with van der Waals surface area (Å²) < 4.78 is 10.5. The Morgan fingerprint density at radius 1 is 1.24 bits per heavy atom. The molecule has 0 heterocycles. The molecule has 0 spiro atoms. The van der Waals surface area contributed by atoms with Crippen LogP contribution in [0.5, 0.6) is 11.5 Å². The van der Waals surface area contributed by atoms with Crippen LogP contribution in [0.25, 0.3) is 0 Å². The molecule has 1 aromatic rings. The van der Waals surface area contributed by atoms with Crippen molar-refractivity contribution >= 4 is 18.3 Å². The van der Waals surface area contributed by atoms with Crippen molar-refractivity contribution in [2.24, 2.45) is 0 Å². The molecule has 5 nitrogen and oxygen atoms in total. The van der Waals surface area contributed by atoms with Gasteiger partial charge in [-0.25, -0.2) is 0 Å². The summed E-state index contributed by atoms with van der Waals surface area (Å²) in [4.78, 5) is 13.9. The van der Waals surface area contributed by atoms with Gasteiger partial charge in [0.15, 0.2) is 6.61 Å². The zero-order chi connectivity index (χ0) is 14.8. The van der Waals surface area contributed by atoms with E-state index < -0.39 is 0 Å². The summed E-state index contributed by atoms with van der Waals surface area (Å²) in [6.07, 6.45) is 0. The van der Waals surface area contributed by atoms with Crippen molar-refractivity contribution in [3.8, 4) is 11.5 Å². The molecule has 6 heteroatoms. The van der Waals surface area contributed by atoms with E-state index >= 15 is 0 Å². The van der Waals surface area contributed by atoms with Crippen LogP contribution in [0.3, 0.4) is 0 Å². The fraction of sp³-hybridized carbons (Fsp3) is 0.533. The minimum atomic E-state index is -0.111. The Balaban J connectivity index is 0.00000400. The summed E-state index contributed by atoms with van der Waals surface area (Å²) in [5, 5.41) is 2.84. The second kappa shape index (κ2) is 11.2. The van der Waals surface area contributed by atoms with Crippen molar-refractivity contribution in [1.29, 1.82) is 0 Å². The summed E-state index contributed by atoms with van der Waals surface area (Å²) in [5.74, 6) is 1.23. The zero-order valence-corrected chi connectivity index (χ0v) is 13.7. The number of ether oxygens (including phenoxy) is 2. The Kier molecular flexibility index (Phi) is 10.4. The van der Waals surface area contributed by atoms with Crippen molar-refractivity contribution < 1.29 is 14.3 Å². The summed E-state index contributed by atoms with van der Waals surface area (Å²) in [6.45, 7) is 7.72. The molecule has 0 aliphatic carbocycles. The van der Waals surface area contributed by atoms with E-state index in [1.165, 1.54) is 0 Å². The SMILES string of the molecule is CCN(CC)CCNC(=O)COc1cccc(OC)c1.Cl. The molecule has 0 bridgehead atoms. The van der Waals surface area contributed by atoms with Gasteiger partial charge in [-0.3, -0.25) is 4.79 Å². The molecule has 0 atom stereocenters. The number of carbonyl (C=O) groups excluding carboxylic acids is 1. The average Bonchev–Trinajstić information content (AvgIpc) is 2.49. The highest BCUT2D eigenvalue weighted by molar-refractivity contribution is 5.85. The molecule has 1 aromatic carbocycles. The van der Waals surface area contributed by atoms with E-state index in [0.29, 0.717) is 18.0 Å². The number of methoxy groups -OCH3 is 1. The highest BCUT2D eigenvalue weighted by atomic mass is 35.5. The van der Waals surface area contributed by atoms with E-state index in [1.54, 1.807) is 19.2 Å². The Morgan fingerprint density at radius 2 is 1.90 bits per heavy atom. The zero-order valence-electron chi connectivity index (χ0n) is 12.9. The number of hydrogen-bond acceptors (Lipinski definition) is 4. The van der Waals surface area contributed by atoms with Crippen LogP contribution in [0.1, 0.15) is 13.8 Å². The molecule has 1 N–H and O–H groups in total. The first-order valence-corrected chi connectivity index (χ1v) is 6.95. The van der Waals surface area contributed by atoms with E-state index in [2.05, 4.69) is 24.1 Å². The van der Waals surface area contributed by atoms with Gasteiger partial charge in [0.25, 0.3) is 5.91 Å². The molecule has 0 unspecified atom stereocenters. The summed E-state index contributed by atoms with van der Waals surface area (Å²) in [7, 11) is 1.60. The highest BCUT2D eigenvalue weighted by Crippen LogP contribution is 2.18. The maximum absolute atomic E-state index is 11.6. The normalized spacial score (nSPS) is 9.90. The second-order valence-corrected chi connectivity index (χ2v) is 4.34. The lowest BCUT2D eigenvalue weighted by Crippen LogP contribution is -2.36. The van der Waals surface area contributed by atoms with E-state index in [4.69, 9.17) is 9.47 Å². The third kappa shape index (κ3) is 7.78. The average molecular weight is 317 g/mol. The van der Waals surface area contributed by atoms with Crippen LogP contribution < -0.4 is 14.8 Å².